The number of rotatable bonds is 4. The van der Waals surface area contributed by atoms with E-state index in [0.29, 0.717) is 18.9 Å². The first-order valence-electron chi connectivity index (χ1n) is 6.54. The standard InChI is InChI=1S/C15H20O2/c1-2-3-4-12-5-7-13(8-6-12)14-9-10-15(16)17-11-14/h5-8,14H,2-4,9-11H2,1H3. The van der Waals surface area contributed by atoms with Crippen LogP contribution in [-0.4, -0.2) is 12.6 Å². The van der Waals surface area contributed by atoms with Crippen molar-refractivity contribution < 1.29 is 9.53 Å². The minimum atomic E-state index is -0.0548. The molecule has 1 unspecified atom stereocenters. The summed E-state index contributed by atoms with van der Waals surface area (Å²) in [7, 11) is 0. The molecule has 2 nitrogen and oxygen atoms in total. The Morgan fingerprint density at radius 3 is 2.65 bits per heavy atom. The Balaban J connectivity index is 1.95. The zero-order chi connectivity index (χ0) is 12.1. The summed E-state index contributed by atoms with van der Waals surface area (Å²) >= 11 is 0. The topological polar surface area (TPSA) is 26.3 Å². The number of benzene rings is 1. The molecular formula is C15H20O2. The van der Waals surface area contributed by atoms with Gasteiger partial charge in [0.1, 0.15) is 0 Å². The Morgan fingerprint density at radius 1 is 1.29 bits per heavy atom. The second-order valence-electron chi connectivity index (χ2n) is 4.76. The monoisotopic (exact) mass is 232 g/mol. The molecule has 0 amide bonds. The van der Waals surface area contributed by atoms with Crippen LogP contribution in [0.5, 0.6) is 0 Å². The van der Waals surface area contributed by atoms with Gasteiger partial charge >= 0.3 is 5.97 Å². The van der Waals surface area contributed by atoms with Crippen molar-refractivity contribution >= 4 is 5.97 Å². The average molecular weight is 232 g/mol. The molecule has 1 heterocycles. The Labute approximate surface area is 103 Å². The van der Waals surface area contributed by atoms with E-state index in [4.69, 9.17) is 4.74 Å². The molecule has 17 heavy (non-hydrogen) atoms. The van der Waals surface area contributed by atoms with E-state index in [1.165, 1.54) is 24.0 Å². The van der Waals surface area contributed by atoms with Crippen LogP contribution in [0.2, 0.25) is 0 Å². The SMILES string of the molecule is CCCCc1ccc(C2CCC(=O)OC2)cc1. The Bertz CT molecular complexity index is 357. The predicted molar refractivity (Wildman–Crippen MR) is 68.0 cm³/mol. The number of esters is 1. The van der Waals surface area contributed by atoms with Gasteiger partial charge in [-0.3, -0.25) is 4.79 Å². The molecule has 2 rings (SSSR count). The van der Waals surface area contributed by atoms with Crippen LogP contribution >= 0.6 is 0 Å². The first kappa shape index (κ1) is 12.2. The molecule has 0 radical (unpaired) electrons. The van der Waals surface area contributed by atoms with Crippen LogP contribution in [0.4, 0.5) is 0 Å². The number of ether oxygens (including phenoxy) is 1. The van der Waals surface area contributed by atoms with Gasteiger partial charge in [-0.15, -0.1) is 0 Å². The number of cyclic esters (lactones) is 1. The maximum absolute atomic E-state index is 11.0. The highest BCUT2D eigenvalue weighted by Crippen LogP contribution is 2.26. The minimum absolute atomic E-state index is 0.0548. The molecule has 1 aliphatic heterocycles. The van der Waals surface area contributed by atoms with Crippen LogP contribution < -0.4 is 0 Å². The van der Waals surface area contributed by atoms with E-state index in [2.05, 4.69) is 31.2 Å². The summed E-state index contributed by atoms with van der Waals surface area (Å²) in [6.07, 6.45) is 5.13. The number of carbonyl (C=O) groups is 1. The molecule has 1 aliphatic rings. The largest absolute Gasteiger partial charge is 0.465 e. The van der Waals surface area contributed by atoms with Gasteiger partial charge < -0.3 is 4.74 Å². The van der Waals surface area contributed by atoms with Gasteiger partial charge in [0.2, 0.25) is 0 Å². The van der Waals surface area contributed by atoms with Gasteiger partial charge in [-0.25, -0.2) is 0 Å². The second-order valence-corrected chi connectivity index (χ2v) is 4.76. The van der Waals surface area contributed by atoms with Crippen LogP contribution in [0.25, 0.3) is 0 Å². The molecule has 0 N–H and O–H groups in total. The van der Waals surface area contributed by atoms with Gasteiger partial charge in [-0.05, 0) is 30.4 Å². The number of hydrogen-bond acceptors (Lipinski definition) is 2. The van der Waals surface area contributed by atoms with E-state index in [9.17, 15) is 4.79 Å². The summed E-state index contributed by atoms with van der Waals surface area (Å²) in [6, 6.07) is 8.80. The fourth-order valence-corrected chi connectivity index (χ4v) is 2.24. The van der Waals surface area contributed by atoms with Gasteiger partial charge in [0, 0.05) is 12.3 Å². The zero-order valence-electron chi connectivity index (χ0n) is 10.4. The smallest absolute Gasteiger partial charge is 0.305 e. The van der Waals surface area contributed by atoms with Crippen molar-refractivity contribution in [1.82, 2.24) is 0 Å². The van der Waals surface area contributed by atoms with Crippen LogP contribution in [0.15, 0.2) is 24.3 Å². The molecule has 1 saturated heterocycles. The lowest BCUT2D eigenvalue weighted by molar-refractivity contribution is -0.147. The third-order valence-electron chi connectivity index (χ3n) is 3.41. The third kappa shape index (κ3) is 3.32. The van der Waals surface area contributed by atoms with E-state index in [1.54, 1.807) is 0 Å². The number of hydrogen-bond donors (Lipinski definition) is 0. The first-order chi connectivity index (χ1) is 8.29. The Kier molecular flexibility index (Phi) is 4.18. The molecule has 1 aromatic carbocycles. The normalized spacial score (nSPS) is 20.1. The molecular weight excluding hydrogens is 212 g/mol. The molecule has 1 aromatic rings. The van der Waals surface area contributed by atoms with Crippen molar-refractivity contribution in [3.05, 3.63) is 35.4 Å². The lowest BCUT2D eigenvalue weighted by atomic mass is 9.92. The second kappa shape index (κ2) is 5.85. The highest BCUT2D eigenvalue weighted by atomic mass is 16.5. The van der Waals surface area contributed by atoms with Crippen LogP contribution in [0, 0.1) is 0 Å². The van der Waals surface area contributed by atoms with Crippen LogP contribution in [0.3, 0.4) is 0 Å². The van der Waals surface area contributed by atoms with E-state index in [1.807, 2.05) is 0 Å². The molecule has 0 bridgehead atoms. The van der Waals surface area contributed by atoms with Crippen molar-refractivity contribution in [3.8, 4) is 0 Å². The summed E-state index contributed by atoms with van der Waals surface area (Å²) in [5.41, 5.74) is 2.71. The Hall–Kier alpha value is -1.31. The minimum Gasteiger partial charge on any atom is -0.465 e. The summed E-state index contributed by atoms with van der Waals surface area (Å²) in [6.45, 7) is 2.76. The maximum atomic E-state index is 11.0. The van der Waals surface area contributed by atoms with Crippen molar-refractivity contribution in [2.75, 3.05) is 6.61 Å². The number of unbranched alkanes of at least 4 members (excludes halogenated alkanes) is 1. The molecule has 2 heteroatoms. The van der Waals surface area contributed by atoms with E-state index < -0.39 is 0 Å². The van der Waals surface area contributed by atoms with Gasteiger partial charge in [0.25, 0.3) is 0 Å². The fourth-order valence-electron chi connectivity index (χ4n) is 2.24. The molecule has 92 valence electrons. The lowest BCUT2D eigenvalue weighted by Gasteiger charge is -2.22. The van der Waals surface area contributed by atoms with E-state index >= 15 is 0 Å². The van der Waals surface area contributed by atoms with Gasteiger partial charge in [0.15, 0.2) is 0 Å². The highest BCUT2D eigenvalue weighted by molar-refractivity contribution is 5.70. The Morgan fingerprint density at radius 2 is 2.06 bits per heavy atom. The summed E-state index contributed by atoms with van der Waals surface area (Å²) in [4.78, 5) is 11.0. The highest BCUT2D eigenvalue weighted by Gasteiger charge is 2.20. The zero-order valence-corrected chi connectivity index (χ0v) is 10.4. The molecule has 1 fully saturated rings. The summed E-state index contributed by atoms with van der Waals surface area (Å²) in [5.74, 6) is 0.341. The fraction of sp³-hybridized carbons (Fsp3) is 0.533. The van der Waals surface area contributed by atoms with Crippen LogP contribution in [-0.2, 0) is 16.0 Å². The lowest BCUT2D eigenvalue weighted by Crippen LogP contribution is -2.20. The summed E-state index contributed by atoms with van der Waals surface area (Å²) < 4.78 is 5.10. The van der Waals surface area contributed by atoms with Crippen molar-refractivity contribution in [2.45, 2.75) is 44.9 Å². The molecule has 1 atom stereocenters. The summed E-state index contributed by atoms with van der Waals surface area (Å²) in [5, 5.41) is 0. The quantitative estimate of drug-likeness (QED) is 0.743. The third-order valence-corrected chi connectivity index (χ3v) is 3.41. The maximum Gasteiger partial charge on any atom is 0.305 e. The van der Waals surface area contributed by atoms with E-state index in [-0.39, 0.29) is 5.97 Å². The predicted octanol–water partition coefficient (Wildman–Crippen LogP) is 3.45. The molecule has 0 spiro atoms. The van der Waals surface area contributed by atoms with Gasteiger partial charge in [-0.2, -0.15) is 0 Å². The number of carbonyl (C=O) groups excluding carboxylic acids is 1. The van der Waals surface area contributed by atoms with Gasteiger partial charge in [-0.1, -0.05) is 37.6 Å². The number of aryl methyl sites for hydroxylation is 1. The van der Waals surface area contributed by atoms with Gasteiger partial charge in [0.05, 0.1) is 6.61 Å². The molecule has 0 saturated carbocycles. The van der Waals surface area contributed by atoms with Crippen molar-refractivity contribution in [1.29, 1.82) is 0 Å². The average Bonchev–Trinajstić information content (AvgIpc) is 2.38. The first-order valence-corrected chi connectivity index (χ1v) is 6.54. The molecule has 0 aromatic heterocycles. The molecule has 0 aliphatic carbocycles. The van der Waals surface area contributed by atoms with Crippen LogP contribution in [0.1, 0.15) is 49.7 Å². The van der Waals surface area contributed by atoms with Crippen molar-refractivity contribution in [2.24, 2.45) is 0 Å². The van der Waals surface area contributed by atoms with E-state index in [0.717, 1.165) is 12.8 Å². The van der Waals surface area contributed by atoms with Crippen molar-refractivity contribution in [3.63, 3.8) is 0 Å².